The van der Waals surface area contributed by atoms with Crippen LogP contribution in [0, 0.1) is 11.8 Å². The zero-order chi connectivity index (χ0) is 13.8. The Balaban J connectivity index is 1.90. The molecule has 0 aliphatic heterocycles. The predicted molar refractivity (Wildman–Crippen MR) is 77.7 cm³/mol. The van der Waals surface area contributed by atoms with Crippen LogP contribution >= 0.6 is 11.3 Å². The molecule has 1 aromatic heterocycles. The van der Waals surface area contributed by atoms with E-state index in [1.807, 2.05) is 5.38 Å². The van der Waals surface area contributed by atoms with E-state index in [0.717, 1.165) is 16.7 Å². The lowest BCUT2D eigenvalue weighted by atomic mass is 9.78. The quantitative estimate of drug-likeness (QED) is 0.869. The van der Waals surface area contributed by atoms with Crippen molar-refractivity contribution in [3.63, 3.8) is 0 Å². The Bertz CT molecular complexity index is 433. The highest BCUT2D eigenvalue weighted by atomic mass is 32.1. The van der Waals surface area contributed by atoms with Crippen molar-refractivity contribution in [1.82, 2.24) is 4.98 Å². The van der Waals surface area contributed by atoms with Gasteiger partial charge in [0.05, 0.1) is 12.1 Å². The maximum absolute atomic E-state index is 10.5. The second-order valence-electron chi connectivity index (χ2n) is 5.56. The van der Waals surface area contributed by atoms with Crippen LogP contribution in [-0.4, -0.2) is 22.1 Å². The lowest BCUT2D eigenvalue weighted by Crippen LogP contribution is -2.34. The van der Waals surface area contributed by atoms with Gasteiger partial charge in [-0.2, -0.15) is 0 Å². The lowest BCUT2D eigenvalue weighted by molar-refractivity contribution is -0.136. The molecule has 19 heavy (non-hydrogen) atoms. The summed E-state index contributed by atoms with van der Waals surface area (Å²) in [7, 11) is 0. The van der Waals surface area contributed by atoms with Crippen molar-refractivity contribution >= 4 is 22.4 Å². The lowest BCUT2D eigenvalue weighted by Gasteiger charge is -2.34. The van der Waals surface area contributed by atoms with E-state index in [-0.39, 0.29) is 6.42 Å². The first-order chi connectivity index (χ1) is 9.06. The molecule has 1 heterocycles. The molecule has 1 aliphatic rings. The first-order valence-corrected chi connectivity index (χ1v) is 7.87. The number of carboxylic acids is 1. The molecule has 0 saturated heterocycles. The van der Waals surface area contributed by atoms with Crippen molar-refractivity contribution in [1.29, 1.82) is 0 Å². The van der Waals surface area contributed by atoms with Gasteiger partial charge in [-0.1, -0.05) is 26.7 Å². The van der Waals surface area contributed by atoms with E-state index in [1.54, 1.807) is 11.3 Å². The van der Waals surface area contributed by atoms with E-state index in [4.69, 9.17) is 5.11 Å². The molecule has 1 aromatic rings. The number of aliphatic carboxylic acids is 1. The molecule has 0 aromatic carbocycles. The fourth-order valence-electron chi connectivity index (χ4n) is 2.67. The van der Waals surface area contributed by atoms with Gasteiger partial charge in [0.2, 0.25) is 0 Å². The highest BCUT2D eigenvalue weighted by Gasteiger charge is 2.27. The summed E-state index contributed by atoms with van der Waals surface area (Å²) in [6.07, 6.45) is 4.47. The maximum atomic E-state index is 10.5. The number of hydrogen-bond acceptors (Lipinski definition) is 4. The van der Waals surface area contributed by atoms with Gasteiger partial charge in [-0.15, -0.1) is 11.3 Å². The monoisotopic (exact) mass is 282 g/mol. The van der Waals surface area contributed by atoms with Crippen molar-refractivity contribution in [2.75, 3.05) is 5.32 Å². The van der Waals surface area contributed by atoms with Crippen LogP contribution in [0.5, 0.6) is 0 Å². The fourth-order valence-corrected chi connectivity index (χ4v) is 3.48. The van der Waals surface area contributed by atoms with E-state index in [2.05, 4.69) is 24.1 Å². The molecule has 0 radical (unpaired) electrons. The predicted octanol–water partition coefficient (Wildman–Crippen LogP) is 3.40. The number of anilines is 1. The number of aromatic nitrogens is 1. The van der Waals surface area contributed by atoms with Crippen molar-refractivity contribution in [3.05, 3.63) is 11.1 Å². The third-order valence-electron chi connectivity index (χ3n) is 4.16. The van der Waals surface area contributed by atoms with Crippen molar-refractivity contribution in [3.8, 4) is 0 Å². The van der Waals surface area contributed by atoms with Crippen LogP contribution < -0.4 is 5.32 Å². The van der Waals surface area contributed by atoms with Gasteiger partial charge in [-0.25, -0.2) is 4.98 Å². The molecule has 2 rings (SSSR count). The van der Waals surface area contributed by atoms with Gasteiger partial charge in [-0.3, -0.25) is 4.79 Å². The molecule has 1 saturated carbocycles. The number of carboxylic acid groups (broad SMARTS) is 1. The normalized spacial score (nSPS) is 27.2. The van der Waals surface area contributed by atoms with Gasteiger partial charge in [0.1, 0.15) is 0 Å². The van der Waals surface area contributed by atoms with Crippen molar-refractivity contribution in [2.45, 2.75) is 52.0 Å². The summed E-state index contributed by atoms with van der Waals surface area (Å²) >= 11 is 1.58. The zero-order valence-corrected chi connectivity index (χ0v) is 12.4. The number of hydrogen-bond donors (Lipinski definition) is 2. The summed E-state index contributed by atoms with van der Waals surface area (Å²) in [5.41, 5.74) is 0.881. The molecule has 0 amide bonds. The van der Waals surface area contributed by atoms with Crippen molar-refractivity contribution in [2.24, 2.45) is 11.8 Å². The fraction of sp³-hybridized carbons (Fsp3) is 0.714. The standard InChI is InChI=1S/C14H22N2O2S/c1-9-4-3-5-12(10(9)2)16-14-15-11(8-19-14)6-7-13(17)18/h8-10,12H,3-7H2,1-2H3,(H,15,16)(H,17,18). The molecule has 2 N–H and O–H groups in total. The summed E-state index contributed by atoms with van der Waals surface area (Å²) in [5, 5.41) is 15.1. The summed E-state index contributed by atoms with van der Waals surface area (Å²) < 4.78 is 0. The largest absolute Gasteiger partial charge is 0.481 e. The maximum Gasteiger partial charge on any atom is 0.303 e. The SMILES string of the molecule is CC1CCCC(Nc2nc(CCC(=O)O)cs2)C1C. The molecule has 4 nitrogen and oxygen atoms in total. The third kappa shape index (κ3) is 3.93. The van der Waals surface area contributed by atoms with Crippen LogP contribution in [0.3, 0.4) is 0 Å². The average molecular weight is 282 g/mol. The summed E-state index contributed by atoms with van der Waals surface area (Å²) in [6.45, 7) is 4.62. The Labute approximate surface area is 118 Å². The highest BCUT2D eigenvalue weighted by Crippen LogP contribution is 2.32. The molecular formula is C14H22N2O2S. The van der Waals surface area contributed by atoms with Crippen LogP contribution in [-0.2, 0) is 11.2 Å². The third-order valence-corrected chi connectivity index (χ3v) is 4.98. The Morgan fingerprint density at radius 1 is 1.53 bits per heavy atom. The van der Waals surface area contributed by atoms with Crippen LogP contribution in [0.2, 0.25) is 0 Å². The van der Waals surface area contributed by atoms with E-state index in [1.165, 1.54) is 19.3 Å². The summed E-state index contributed by atoms with van der Waals surface area (Å²) in [4.78, 5) is 15.0. The second kappa shape index (κ2) is 6.37. The summed E-state index contributed by atoms with van der Waals surface area (Å²) in [5.74, 6) is 0.662. The Hall–Kier alpha value is -1.10. The minimum absolute atomic E-state index is 0.153. The Kier molecular flexibility index (Phi) is 4.80. The molecule has 0 spiro atoms. The second-order valence-corrected chi connectivity index (χ2v) is 6.41. The smallest absolute Gasteiger partial charge is 0.303 e. The van der Waals surface area contributed by atoms with Crippen molar-refractivity contribution < 1.29 is 9.90 Å². The number of nitrogens with zero attached hydrogens (tertiary/aromatic N) is 1. The van der Waals surface area contributed by atoms with Gasteiger partial charge >= 0.3 is 5.97 Å². The first-order valence-electron chi connectivity index (χ1n) is 6.99. The van der Waals surface area contributed by atoms with Crippen LogP contribution in [0.1, 0.15) is 45.2 Å². The minimum atomic E-state index is -0.766. The molecule has 1 fully saturated rings. The topological polar surface area (TPSA) is 62.2 Å². The first kappa shape index (κ1) is 14.3. The number of thiazole rings is 1. The van der Waals surface area contributed by atoms with Gasteiger partial charge in [0, 0.05) is 17.8 Å². The zero-order valence-electron chi connectivity index (χ0n) is 11.6. The minimum Gasteiger partial charge on any atom is -0.481 e. The van der Waals surface area contributed by atoms with E-state index in [0.29, 0.717) is 18.4 Å². The van der Waals surface area contributed by atoms with Gasteiger partial charge in [0.25, 0.3) is 0 Å². The van der Waals surface area contributed by atoms with E-state index >= 15 is 0 Å². The molecule has 0 bridgehead atoms. The van der Waals surface area contributed by atoms with Crippen LogP contribution in [0.25, 0.3) is 0 Å². The van der Waals surface area contributed by atoms with E-state index in [9.17, 15) is 4.79 Å². The van der Waals surface area contributed by atoms with Crippen LogP contribution in [0.4, 0.5) is 5.13 Å². The molecule has 1 aliphatic carbocycles. The molecule has 106 valence electrons. The summed E-state index contributed by atoms with van der Waals surface area (Å²) in [6, 6.07) is 0.502. The molecule has 3 atom stereocenters. The molecule has 5 heteroatoms. The molecular weight excluding hydrogens is 260 g/mol. The Morgan fingerprint density at radius 2 is 2.32 bits per heavy atom. The van der Waals surface area contributed by atoms with E-state index < -0.39 is 5.97 Å². The molecule has 3 unspecified atom stereocenters. The number of nitrogens with one attached hydrogen (secondary N) is 1. The van der Waals surface area contributed by atoms with Gasteiger partial charge < -0.3 is 10.4 Å². The Morgan fingerprint density at radius 3 is 3.05 bits per heavy atom. The van der Waals surface area contributed by atoms with Gasteiger partial charge in [-0.05, 0) is 18.3 Å². The average Bonchev–Trinajstić information content (AvgIpc) is 2.80. The van der Waals surface area contributed by atoms with Crippen LogP contribution in [0.15, 0.2) is 5.38 Å². The van der Waals surface area contributed by atoms with Gasteiger partial charge in [0.15, 0.2) is 5.13 Å². The number of rotatable bonds is 5. The number of aryl methyl sites for hydroxylation is 1. The highest BCUT2D eigenvalue weighted by molar-refractivity contribution is 7.13. The number of carbonyl (C=O) groups is 1.